The Balaban J connectivity index is 2.20. The number of likely N-dealkylation sites (N-methyl/N-ethyl adjacent to an activating group) is 1. The van der Waals surface area contributed by atoms with Crippen LogP contribution in [0.15, 0.2) is 24.3 Å². The molecule has 0 saturated carbocycles. The third-order valence-electron chi connectivity index (χ3n) is 3.54. The van der Waals surface area contributed by atoms with Crippen LogP contribution in [0.25, 0.3) is 0 Å². The molecule has 1 saturated heterocycles. The van der Waals surface area contributed by atoms with Gasteiger partial charge in [-0.05, 0) is 43.7 Å². The first-order chi connectivity index (χ1) is 9.13. The van der Waals surface area contributed by atoms with Crippen molar-refractivity contribution in [3.8, 4) is 0 Å². The van der Waals surface area contributed by atoms with Gasteiger partial charge in [0.15, 0.2) is 0 Å². The molecule has 0 bridgehead atoms. The molecule has 1 aromatic rings. The first kappa shape index (κ1) is 13.8. The summed E-state index contributed by atoms with van der Waals surface area (Å²) in [5, 5.41) is 0. The average Bonchev–Trinajstić information content (AvgIpc) is 2.73. The minimum atomic E-state index is -0.266. The van der Waals surface area contributed by atoms with E-state index in [9.17, 15) is 9.18 Å². The monoisotopic (exact) mass is 265 g/mol. The van der Waals surface area contributed by atoms with Crippen molar-refractivity contribution in [3.63, 3.8) is 0 Å². The Labute approximate surface area is 113 Å². The van der Waals surface area contributed by atoms with E-state index in [-0.39, 0.29) is 17.8 Å². The Morgan fingerprint density at radius 3 is 2.63 bits per heavy atom. The lowest BCUT2D eigenvalue weighted by atomic mass is 10.1. The number of nitrogens with two attached hydrogens (primary N) is 1. The molecule has 1 fully saturated rings. The number of benzene rings is 1. The molecule has 0 radical (unpaired) electrons. The third kappa shape index (κ3) is 3.04. The molecule has 1 amide bonds. The number of likely N-dealkylation sites (tertiary alicyclic amines) is 1. The van der Waals surface area contributed by atoms with Crippen LogP contribution in [0.1, 0.15) is 12.8 Å². The highest BCUT2D eigenvalue weighted by atomic mass is 19.1. The predicted molar refractivity (Wildman–Crippen MR) is 73.5 cm³/mol. The molecule has 0 aromatic heterocycles. The van der Waals surface area contributed by atoms with Crippen LogP contribution in [0.3, 0.4) is 0 Å². The number of hydrogen-bond acceptors (Lipinski definition) is 3. The van der Waals surface area contributed by atoms with Crippen molar-refractivity contribution in [1.29, 1.82) is 0 Å². The lowest BCUT2D eigenvalue weighted by Gasteiger charge is -2.29. The molecule has 19 heavy (non-hydrogen) atoms. The minimum absolute atomic E-state index is 0.126. The third-order valence-corrected chi connectivity index (χ3v) is 3.54. The highest BCUT2D eigenvalue weighted by Crippen LogP contribution is 2.24. The number of anilines is 1. The van der Waals surface area contributed by atoms with Crippen LogP contribution in [0.2, 0.25) is 0 Å². The summed E-state index contributed by atoms with van der Waals surface area (Å²) in [5.41, 5.74) is 6.44. The van der Waals surface area contributed by atoms with Crippen LogP contribution in [0, 0.1) is 5.82 Å². The largest absolute Gasteiger partial charge is 0.359 e. The van der Waals surface area contributed by atoms with Crippen LogP contribution in [0.5, 0.6) is 0 Å². The second-order valence-corrected chi connectivity index (χ2v) is 4.88. The zero-order valence-corrected chi connectivity index (χ0v) is 11.2. The summed E-state index contributed by atoms with van der Waals surface area (Å²) in [7, 11) is 1.81. The number of hydrogen-bond donors (Lipinski definition) is 1. The SMILES string of the molecule is CN1CCC(N(CCCN)c2ccc(F)cc2)C1=O. The summed E-state index contributed by atoms with van der Waals surface area (Å²) in [4.78, 5) is 15.9. The van der Waals surface area contributed by atoms with E-state index >= 15 is 0 Å². The van der Waals surface area contributed by atoms with Gasteiger partial charge in [0.2, 0.25) is 5.91 Å². The van der Waals surface area contributed by atoms with Gasteiger partial charge >= 0.3 is 0 Å². The molecule has 1 heterocycles. The fourth-order valence-corrected chi connectivity index (χ4v) is 2.45. The Kier molecular flexibility index (Phi) is 4.37. The van der Waals surface area contributed by atoms with Crippen LogP contribution >= 0.6 is 0 Å². The van der Waals surface area contributed by atoms with Crippen molar-refractivity contribution in [2.75, 3.05) is 31.6 Å². The van der Waals surface area contributed by atoms with Crippen molar-refractivity contribution < 1.29 is 9.18 Å². The molecule has 4 nitrogen and oxygen atoms in total. The molecule has 5 heteroatoms. The predicted octanol–water partition coefficient (Wildman–Crippen LogP) is 1.21. The normalized spacial score (nSPS) is 19.0. The number of rotatable bonds is 5. The minimum Gasteiger partial charge on any atom is -0.359 e. The van der Waals surface area contributed by atoms with Gasteiger partial charge in [-0.15, -0.1) is 0 Å². The zero-order chi connectivity index (χ0) is 13.8. The number of halogens is 1. The van der Waals surface area contributed by atoms with Gasteiger partial charge in [-0.1, -0.05) is 0 Å². The Bertz CT molecular complexity index is 435. The van der Waals surface area contributed by atoms with Crippen LogP contribution in [0.4, 0.5) is 10.1 Å². The van der Waals surface area contributed by atoms with Gasteiger partial charge in [0.25, 0.3) is 0 Å². The number of nitrogens with zero attached hydrogens (tertiary/aromatic N) is 2. The van der Waals surface area contributed by atoms with Crippen molar-refractivity contribution in [2.24, 2.45) is 5.73 Å². The molecule has 0 aliphatic carbocycles. The Hall–Kier alpha value is -1.62. The van der Waals surface area contributed by atoms with E-state index < -0.39 is 0 Å². The second-order valence-electron chi connectivity index (χ2n) is 4.88. The second kappa shape index (κ2) is 6.02. The molecule has 104 valence electrons. The Morgan fingerprint density at radius 1 is 1.42 bits per heavy atom. The van der Waals surface area contributed by atoms with Crippen molar-refractivity contribution in [2.45, 2.75) is 18.9 Å². The molecule has 1 unspecified atom stereocenters. The lowest BCUT2D eigenvalue weighted by Crippen LogP contribution is -2.42. The first-order valence-electron chi connectivity index (χ1n) is 6.60. The van der Waals surface area contributed by atoms with E-state index in [1.165, 1.54) is 12.1 Å². The van der Waals surface area contributed by atoms with Gasteiger partial charge in [0.05, 0.1) is 0 Å². The van der Waals surface area contributed by atoms with Crippen molar-refractivity contribution in [1.82, 2.24) is 4.90 Å². The maximum absolute atomic E-state index is 13.0. The van der Waals surface area contributed by atoms with Crippen LogP contribution < -0.4 is 10.6 Å². The molecule has 0 spiro atoms. The standard InChI is InChI=1S/C14H20FN3O/c1-17-10-7-13(14(17)19)18(9-2-8-16)12-5-3-11(15)4-6-12/h3-6,13H,2,7-10,16H2,1H3. The zero-order valence-electron chi connectivity index (χ0n) is 11.2. The van der Waals surface area contributed by atoms with Crippen LogP contribution in [-0.2, 0) is 4.79 Å². The molecule has 2 N–H and O–H groups in total. The maximum atomic E-state index is 13.0. The smallest absolute Gasteiger partial charge is 0.245 e. The quantitative estimate of drug-likeness (QED) is 0.870. The van der Waals surface area contributed by atoms with Gasteiger partial charge < -0.3 is 15.5 Å². The molecular formula is C14H20FN3O. The van der Waals surface area contributed by atoms with Gasteiger partial charge in [0.1, 0.15) is 11.9 Å². The first-order valence-corrected chi connectivity index (χ1v) is 6.60. The van der Waals surface area contributed by atoms with E-state index in [2.05, 4.69) is 0 Å². The highest BCUT2D eigenvalue weighted by Gasteiger charge is 2.33. The number of carbonyl (C=O) groups excluding carboxylic acids is 1. The van der Waals surface area contributed by atoms with E-state index in [0.29, 0.717) is 13.1 Å². The summed E-state index contributed by atoms with van der Waals surface area (Å²) in [6.45, 7) is 2.06. The molecule has 2 rings (SSSR count). The maximum Gasteiger partial charge on any atom is 0.245 e. The molecule has 1 aliphatic rings. The lowest BCUT2D eigenvalue weighted by molar-refractivity contribution is -0.127. The fraction of sp³-hybridized carbons (Fsp3) is 0.500. The molecule has 1 aliphatic heterocycles. The molecular weight excluding hydrogens is 245 g/mol. The summed E-state index contributed by atoms with van der Waals surface area (Å²) in [6.07, 6.45) is 1.61. The highest BCUT2D eigenvalue weighted by molar-refractivity contribution is 5.87. The van der Waals surface area contributed by atoms with Crippen molar-refractivity contribution in [3.05, 3.63) is 30.1 Å². The van der Waals surface area contributed by atoms with Crippen molar-refractivity contribution >= 4 is 11.6 Å². The summed E-state index contributed by atoms with van der Waals surface area (Å²) < 4.78 is 13.0. The van der Waals surface area contributed by atoms with E-state index in [4.69, 9.17) is 5.73 Å². The van der Waals surface area contributed by atoms with Gasteiger partial charge in [-0.2, -0.15) is 0 Å². The average molecular weight is 265 g/mol. The summed E-state index contributed by atoms with van der Waals surface area (Å²) >= 11 is 0. The molecule has 1 aromatic carbocycles. The topological polar surface area (TPSA) is 49.6 Å². The summed E-state index contributed by atoms with van der Waals surface area (Å²) in [5.74, 6) is -0.140. The molecule has 1 atom stereocenters. The number of amides is 1. The Morgan fingerprint density at radius 2 is 2.11 bits per heavy atom. The van der Waals surface area contributed by atoms with Gasteiger partial charge in [-0.25, -0.2) is 4.39 Å². The van der Waals surface area contributed by atoms with E-state index in [1.54, 1.807) is 17.0 Å². The fourth-order valence-electron chi connectivity index (χ4n) is 2.45. The number of carbonyl (C=O) groups is 1. The van der Waals surface area contributed by atoms with E-state index in [0.717, 1.165) is 25.1 Å². The van der Waals surface area contributed by atoms with Gasteiger partial charge in [-0.3, -0.25) is 4.79 Å². The van der Waals surface area contributed by atoms with Crippen LogP contribution in [-0.4, -0.2) is 43.5 Å². The summed E-state index contributed by atoms with van der Waals surface area (Å²) in [6, 6.07) is 6.14. The van der Waals surface area contributed by atoms with E-state index in [1.807, 2.05) is 11.9 Å². The van der Waals surface area contributed by atoms with Gasteiger partial charge in [0, 0.05) is 25.8 Å².